The first-order chi connectivity index (χ1) is 10.1. The molecule has 1 aliphatic heterocycles. The van der Waals surface area contributed by atoms with Crippen molar-refractivity contribution in [1.82, 2.24) is 10.2 Å². The van der Waals surface area contributed by atoms with Crippen molar-refractivity contribution in [1.29, 1.82) is 0 Å². The van der Waals surface area contributed by atoms with Gasteiger partial charge in [-0.15, -0.1) is 0 Å². The number of hydrogen-bond acceptors (Lipinski definition) is 3. The van der Waals surface area contributed by atoms with Crippen LogP contribution < -0.4 is 5.32 Å². The van der Waals surface area contributed by atoms with Crippen LogP contribution >= 0.6 is 0 Å². The van der Waals surface area contributed by atoms with E-state index < -0.39 is 4.92 Å². The van der Waals surface area contributed by atoms with E-state index in [1.54, 1.807) is 17.0 Å². The van der Waals surface area contributed by atoms with Crippen LogP contribution in [-0.4, -0.2) is 22.4 Å². The largest absolute Gasteiger partial charge is 0.327 e. The van der Waals surface area contributed by atoms with Gasteiger partial charge >= 0.3 is 6.03 Å². The number of non-ortho nitro benzene ring substituents is 1. The summed E-state index contributed by atoms with van der Waals surface area (Å²) in [6.45, 7) is 4.62. The van der Waals surface area contributed by atoms with Crippen molar-refractivity contribution in [2.24, 2.45) is 0 Å². The van der Waals surface area contributed by atoms with Gasteiger partial charge in [-0.3, -0.25) is 10.1 Å². The molecule has 1 heterocycles. The molecule has 0 spiro atoms. The Kier molecular flexibility index (Phi) is 4.57. The van der Waals surface area contributed by atoms with Gasteiger partial charge in [-0.05, 0) is 36.6 Å². The fourth-order valence-corrected chi connectivity index (χ4v) is 2.45. The fourth-order valence-electron chi connectivity index (χ4n) is 2.45. The van der Waals surface area contributed by atoms with E-state index in [1.165, 1.54) is 12.1 Å². The lowest BCUT2D eigenvalue weighted by molar-refractivity contribution is -0.384. The quantitative estimate of drug-likeness (QED) is 0.667. The zero-order valence-corrected chi connectivity index (χ0v) is 12.2. The molecule has 1 aromatic carbocycles. The van der Waals surface area contributed by atoms with E-state index in [2.05, 4.69) is 12.2 Å². The van der Waals surface area contributed by atoms with Crippen LogP contribution in [0.5, 0.6) is 0 Å². The second kappa shape index (κ2) is 6.39. The maximum atomic E-state index is 12.0. The molecule has 112 valence electrons. The van der Waals surface area contributed by atoms with E-state index in [1.807, 2.05) is 13.1 Å². The number of nitrogens with one attached hydrogen (secondary N) is 1. The fraction of sp³-hybridized carbons (Fsp3) is 0.400. The Morgan fingerprint density at radius 2 is 1.95 bits per heavy atom. The van der Waals surface area contributed by atoms with Gasteiger partial charge in [-0.1, -0.05) is 13.3 Å². The Morgan fingerprint density at radius 1 is 1.29 bits per heavy atom. The molecular formula is C15H19N3O3. The summed E-state index contributed by atoms with van der Waals surface area (Å²) in [5.41, 5.74) is 2.04. The average molecular weight is 289 g/mol. The first-order valence-corrected chi connectivity index (χ1v) is 7.08. The Hall–Kier alpha value is -2.37. The van der Waals surface area contributed by atoms with E-state index >= 15 is 0 Å². The lowest BCUT2D eigenvalue weighted by atomic mass is 9.94. The molecule has 0 radical (unpaired) electrons. The zero-order chi connectivity index (χ0) is 15.4. The molecule has 6 nitrogen and oxygen atoms in total. The monoisotopic (exact) mass is 289 g/mol. The lowest BCUT2D eigenvalue weighted by Gasteiger charge is -2.32. The Morgan fingerprint density at radius 3 is 2.48 bits per heavy atom. The van der Waals surface area contributed by atoms with Gasteiger partial charge in [-0.2, -0.15) is 0 Å². The molecule has 2 rings (SSSR count). The summed E-state index contributed by atoms with van der Waals surface area (Å²) in [6, 6.07) is 6.00. The summed E-state index contributed by atoms with van der Waals surface area (Å²) in [4.78, 5) is 23.9. The summed E-state index contributed by atoms with van der Waals surface area (Å²) in [5.74, 6) is 0. The third-order valence-corrected chi connectivity index (χ3v) is 3.54. The van der Waals surface area contributed by atoms with Gasteiger partial charge in [-0.25, -0.2) is 4.79 Å². The summed E-state index contributed by atoms with van der Waals surface area (Å²) in [5, 5.41) is 13.7. The minimum absolute atomic E-state index is 0.0529. The standard InChI is InChI=1S/C15H19N3O3/c1-3-5-12-10-17(4-2)15(19)16-14(12)11-6-8-13(9-7-11)18(20)21/h6-10,14H,3-5H2,1-2H3,(H,16,19). The van der Waals surface area contributed by atoms with Gasteiger partial charge in [0, 0.05) is 24.9 Å². The summed E-state index contributed by atoms with van der Waals surface area (Å²) in [7, 11) is 0. The highest BCUT2D eigenvalue weighted by atomic mass is 16.6. The van der Waals surface area contributed by atoms with Crippen LogP contribution in [0.15, 0.2) is 36.0 Å². The lowest BCUT2D eigenvalue weighted by Crippen LogP contribution is -2.43. The van der Waals surface area contributed by atoms with Crippen molar-refractivity contribution in [2.75, 3.05) is 6.54 Å². The first-order valence-electron chi connectivity index (χ1n) is 7.08. The highest BCUT2D eigenvalue weighted by molar-refractivity contribution is 5.78. The molecule has 1 aromatic rings. The van der Waals surface area contributed by atoms with Crippen molar-refractivity contribution < 1.29 is 9.72 Å². The number of carbonyl (C=O) groups is 1. The number of nitrogens with zero attached hydrogens (tertiary/aromatic N) is 2. The van der Waals surface area contributed by atoms with Crippen LogP contribution in [0.25, 0.3) is 0 Å². The van der Waals surface area contributed by atoms with Gasteiger partial charge in [0.25, 0.3) is 5.69 Å². The molecule has 0 aliphatic carbocycles. The number of amides is 2. The molecular weight excluding hydrogens is 270 g/mol. The molecule has 1 atom stereocenters. The Balaban J connectivity index is 2.31. The van der Waals surface area contributed by atoms with Crippen LogP contribution in [0.1, 0.15) is 38.3 Å². The van der Waals surface area contributed by atoms with Crippen LogP contribution in [0.4, 0.5) is 10.5 Å². The number of nitro groups is 1. The van der Waals surface area contributed by atoms with Crippen LogP contribution in [-0.2, 0) is 0 Å². The molecule has 1 unspecified atom stereocenters. The second-order valence-electron chi connectivity index (χ2n) is 4.97. The van der Waals surface area contributed by atoms with Gasteiger partial charge in [0.1, 0.15) is 0 Å². The van der Waals surface area contributed by atoms with Crippen molar-refractivity contribution in [3.05, 3.63) is 51.7 Å². The summed E-state index contributed by atoms with van der Waals surface area (Å²) in [6.07, 6.45) is 3.75. The van der Waals surface area contributed by atoms with E-state index in [-0.39, 0.29) is 17.8 Å². The van der Waals surface area contributed by atoms with E-state index in [9.17, 15) is 14.9 Å². The Labute approximate surface area is 123 Å². The van der Waals surface area contributed by atoms with Crippen molar-refractivity contribution in [2.45, 2.75) is 32.7 Å². The van der Waals surface area contributed by atoms with Crippen LogP contribution in [0, 0.1) is 10.1 Å². The smallest absolute Gasteiger partial charge is 0.322 e. The average Bonchev–Trinajstić information content (AvgIpc) is 2.49. The zero-order valence-electron chi connectivity index (χ0n) is 12.2. The first kappa shape index (κ1) is 15.0. The number of carbonyl (C=O) groups excluding carboxylic acids is 1. The van der Waals surface area contributed by atoms with Gasteiger partial charge in [0.05, 0.1) is 11.0 Å². The molecule has 0 saturated carbocycles. The van der Waals surface area contributed by atoms with E-state index in [0.29, 0.717) is 6.54 Å². The SMILES string of the molecule is CCCC1=CN(CC)C(=O)NC1c1ccc([N+](=O)[O-])cc1. The normalized spacial score (nSPS) is 18.2. The predicted molar refractivity (Wildman–Crippen MR) is 79.7 cm³/mol. The van der Waals surface area contributed by atoms with Gasteiger partial charge in [0.2, 0.25) is 0 Å². The van der Waals surface area contributed by atoms with Crippen molar-refractivity contribution >= 4 is 11.7 Å². The molecule has 6 heteroatoms. The molecule has 0 fully saturated rings. The van der Waals surface area contributed by atoms with Gasteiger partial charge < -0.3 is 10.2 Å². The van der Waals surface area contributed by atoms with Crippen molar-refractivity contribution in [3.63, 3.8) is 0 Å². The molecule has 0 saturated heterocycles. The third kappa shape index (κ3) is 3.21. The van der Waals surface area contributed by atoms with Crippen molar-refractivity contribution in [3.8, 4) is 0 Å². The highest BCUT2D eigenvalue weighted by Gasteiger charge is 2.26. The molecule has 2 amide bonds. The van der Waals surface area contributed by atoms with E-state index in [4.69, 9.17) is 0 Å². The molecule has 21 heavy (non-hydrogen) atoms. The highest BCUT2D eigenvalue weighted by Crippen LogP contribution is 2.30. The minimum Gasteiger partial charge on any atom is -0.327 e. The molecule has 1 aliphatic rings. The van der Waals surface area contributed by atoms with Crippen LogP contribution in [0.3, 0.4) is 0 Å². The van der Waals surface area contributed by atoms with E-state index in [0.717, 1.165) is 24.0 Å². The topological polar surface area (TPSA) is 75.5 Å². The maximum Gasteiger partial charge on any atom is 0.322 e. The van der Waals surface area contributed by atoms with Gasteiger partial charge in [0.15, 0.2) is 0 Å². The van der Waals surface area contributed by atoms with Crippen LogP contribution in [0.2, 0.25) is 0 Å². The maximum absolute atomic E-state index is 12.0. The number of benzene rings is 1. The molecule has 0 bridgehead atoms. The number of urea groups is 1. The number of hydrogen-bond donors (Lipinski definition) is 1. The molecule has 1 N–H and O–H groups in total. The summed E-state index contributed by atoms with van der Waals surface area (Å²) >= 11 is 0. The predicted octanol–water partition coefficient (Wildman–Crippen LogP) is 3.37. The number of rotatable bonds is 5. The third-order valence-electron chi connectivity index (χ3n) is 3.54. The second-order valence-corrected chi connectivity index (χ2v) is 4.97. The Bertz CT molecular complexity index is 566. The number of nitro benzene ring substituents is 1. The minimum atomic E-state index is -0.426. The molecule has 0 aromatic heterocycles. The summed E-state index contributed by atoms with van der Waals surface area (Å²) < 4.78 is 0.